The van der Waals surface area contributed by atoms with Crippen LogP contribution in [-0.2, 0) is 11.2 Å². The van der Waals surface area contributed by atoms with Crippen molar-refractivity contribution in [1.29, 1.82) is 0 Å². The molecule has 2 aromatic rings. The molecule has 2 heterocycles. The summed E-state index contributed by atoms with van der Waals surface area (Å²) in [5.41, 5.74) is 0.669. The maximum Gasteiger partial charge on any atom is 0.258 e. The molecule has 1 aromatic carbocycles. The van der Waals surface area contributed by atoms with E-state index in [2.05, 4.69) is 17.2 Å². The Morgan fingerprint density at radius 3 is 2.84 bits per heavy atom. The molecule has 1 N–H and O–H groups in total. The number of amides is 2. The lowest BCUT2D eigenvalue weighted by Gasteiger charge is -2.59. The Balaban J connectivity index is 1.32. The normalized spacial score (nSPS) is 31.0. The zero-order chi connectivity index (χ0) is 21.6. The summed E-state index contributed by atoms with van der Waals surface area (Å²) < 4.78 is 6.46. The van der Waals surface area contributed by atoms with Gasteiger partial charge in [0.1, 0.15) is 5.75 Å². The molecule has 6 nitrogen and oxygen atoms in total. The number of pyridine rings is 1. The molecule has 4 unspecified atom stereocenters. The van der Waals surface area contributed by atoms with Crippen LogP contribution in [0, 0.1) is 17.3 Å². The molecule has 1 aliphatic heterocycles. The van der Waals surface area contributed by atoms with E-state index in [1.165, 1.54) is 0 Å². The summed E-state index contributed by atoms with van der Waals surface area (Å²) in [5.74, 6) is 0.847. The van der Waals surface area contributed by atoms with E-state index in [9.17, 15) is 9.59 Å². The Kier molecular flexibility index (Phi) is 4.76. The van der Waals surface area contributed by atoms with E-state index in [1.54, 1.807) is 12.3 Å². The van der Waals surface area contributed by atoms with Crippen molar-refractivity contribution in [3.8, 4) is 5.75 Å². The first-order valence-electron chi connectivity index (χ1n) is 11.2. The van der Waals surface area contributed by atoms with E-state index in [1.807, 2.05) is 48.3 Å². The quantitative estimate of drug-likeness (QED) is 0.824. The summed E-state index contributed by atoms with van der Waals surface area (Å²) in [6.45, 7) is 2.84. The van der Waals surface area contributed by atoms with Gasteiger partial charge >= 0.3 is 0 Å². The fourth-order valence-electron chi connectivity index (χ4n) is 5.84. The molecule has 1 aromatic heterocycles. The van der Waals surface area contributed by atoms with Crippen molar-refractivity contribution in [3.63, 3.8) is 0 Å². The highest BCUT2D eigenvalue weighted by molar-refractivity contribution is 5.98. The number of likely N-dealkylation sites (N-methyl/N-ethyl adjacent to an activating group) is 1. The first-order chi connectivity index (χ1) is 14.9. The van der Waals surface area contributed by atoms with Gasteiger partial charge in [0.15, 0.2) is 5.72 Å². The lowest BCUT2D eigenvalue weighted by atomic mass is 9.52. The van der Waals surface area contributed by atoms with Crippen LogP contribution >= 0.6 is 0 Å². The van der Waals surface area contributed by atoms with Crippen molar-refractivity contribution in [2.45, 2.75) is 44.8 Å². The van der Waals surface area contributed by atoms with Gasteiger partial charge in [-0.25, -0.2) is 0 Å². The van der Waals surface area contributed by atoms with E-state index >= 15 is 0 Å². The second-order valence-corrected chi connectivity index (χ2v) is 9.63. The number of nitrogens with zero attached hydrogens (tertiary/aromatic N) is 2. The van der Waals surface area contributed by atoms with E-state index in [-0.39, 0.29) is 29.1 Å². The number of carbonyl (C=O) groups is 2. The second-order valence-electron chi connectivity index (χ2n) is 9.63. The minimum Gasteiger partial charge on any atom is -0.467 e. The first kappa shape index (κ1) is 20.0. The van der Waals surface area contributed by atoms with Crippen molar-refractivity contribution in [2.24, 2.45) is 17.3 Å². The van der Waals surface area contributed by atoms with Crippen molar-refractivity contribution < 1.29 is 14.3 Å². The molecule has 0 saturated heterocycles. The number of rotatable bonds is 4. The van der Waals surface area contributed by atoms with Gasteiger partial charge in [0.2, 0.25) is 5.91 Å². The summed E-state index contributed by atoms with van der Waals surface area (Å²) >= 11 is 0. The van der Waals surface area contributed by atoms with Gasteiger partial charge in [0.05, 0.1) is 5.56 Å². The Labute approximate surface area is 183 Å². The highest BCUT2D eigenvalue weighted by Crippen LogP contribution is 2.59. The average Bonchev–Trinajstić information content (AvgIpc) is 2.77. The minimum atomic E-state index is -0.707. The molecule has 2 amide bonds. The third-order valence-corrected chi connectivity index (χ3v) is 7.60. The molecule has 6 heteroatoms. The standard InChI is InChI=1S/C25H29N3O3/c1-24-12-10-17(25(16-24)27-22(29)19-8-3-4-9-21(19)31-25)15-20(24)23(30)28(2)14-11-18-7-5-6-13-26-18/h3-9,13,17,20H,10-12,14-16H2,1-2H3,(H,27,29). The van der Waals surface area contributed by atoms with Crippen LogP contribution < -0.4 is 10.1 Å². The minimum absolute atomic E-state index is 0.0525. The highest BCUT2D eigenvalue weighted by atomic mass is 16.5. The summed E-state index contributed by atoms with van der Waals surface area (Å²) in [5, 5.41) is 3.19. The van der Waals surface area contributed by atoms with Crippen LogP contribution in [0.25, 0.3) is 0 Å². The number of nitrogens with one attached hydrogen (secondary N) is 1. The van der Waals surface area contributed by atoms with Crippen LogP contribution in [0.2, 0.25) is 0 Å². The molecule has 4 aliphatic rings. The number of carbonyl (C=O) groups excluding carboxylic acids is 2. The number of fused-ring (bicyclic) bond motifs is 3. The molecule has 31 heavy (non-hydrogen) atoms. The maximum absolute atomic E-state index is 13.4. The number of hydrogen-bond donors (Lipinski definition) is 1. The van der Waals surface area contributed by atoms with Gasteiger partial charge in [-0.15, -0.1) is 0 Å². The number of benzene rings is 1. The lowest BCUT2D eigenvalue weighted by Crippen LogP contribution is -2.69. The van der Waals surface area contributed by atoms with E-state index in [4.69, 9.17) is 4.74 Å². The molecule has 3 fully saturated rings. The number of aromatic nitrogens is 1. The largest absolute Gasteiger partial charge is 0.467 e. The molecular weight excluding hydrogens is 390 g/mol. The van der Waals surface area contributed by atoms with Crippen molar-refractivity contribution >= 4 is 11.8 Å². The summed E-state index contributed by atoms with van der Waals surface area (Å²) in [6.07, 6.45) is 5.87. The second kappa shape index (κ2) is 7.36. The van der Waals surface area contributed by atoms with E-state index in [0.29, 0.717) is 24.3 Å². The van der Waals surface area contributed by atoms with Gasteiger partial charge in [-0.1, -0.05) is 25.1 Å². The van der Waals surface area contributed by atoms with E-state index < -0.39 is 5.72 Å². The molecule has 0 radical (unpaired) electrons. The van der Waals surface area contributed by atoms with Gasteiger partial charge in [-0.05, 0) is 48.9 Å². The van der Waals surface area contributed by atoms with Crippen molar-refractivity contribution in [1.82, 2.24) is 15.2 Å². The molecule has 162 valence electrons. The Morgan fingerprint density at radius 1 is 1.26 bits per heavy atom. The highest BCUT2D eigenvalue weighted by Gasteiger charge is 2.62. The smallest absolute Gasteiger partial charge is 0.258 e. The maximum atomic E-state index is 13.4. The first-order valence-corrected chi connectivity index (χ1v) is 11.2. The summed E-state index contributed by atoms with van der Waals surface area (Å²) in [4.78, 5) is 32.5. The van der Waals surface area contributed by atoms with Gasteiger partial charge in [0.25, 0.3) is 5.91 Å². The Hall–Kier alpha value is -2.89. The van der Waals surface area contributed by atoms with Crippen LogP contribution in [0.15, 0.2) is 48.7 Å². The third-order valence-electron chi connectivity index (χ3n) is 7.60. The molecule has 3 aliphatic carbocycles. The zero-order valence-electron chi connectivity index (χ0n) is 18.1. The molecule has 3 saturated carbocycles. The van der Waals surface area contributed by atoms with Gasteiger partial charge in [-0.2, -0.15) is 0 Å². The van der Waals surface area contributed by atoms with Crippen LogP contribution in [0.1, 0.15) is 48.7 Å². The zero-order valence-corrected chi connectivity index (χ0v) is 18.1. The van der Waals surface area contributed by atoms with Crippen LogP contribution in [0.5, 0.6) is 5.75 Å². The predicted octanol–water partition coefficient (Wildman–Crippen LogP) is 3.43. The van der Waals surface area contributed by atoms with Gasteiger partial charge in [-0.3, -0.25) is 14.6 Å². The molecular formula is C25H29N3O3. The molecule has 2 bridgehead atoms. The monoisotopic (exact) mass is 419 g/mol. The fourth-order valence-corrected chi connectivity index (χ4v) is 5.84. The Bertz CT molecular complexity index is 1010. The fraction of sp³-hybridized carbons (Fsp3) is 0.480. The lowest BCUT2D eigenvalue weighted by molar-refractivity contribution is -0.173. The van der Waals surface area contributed by atoms with Crippen LogP contribution in [0.4, 0.5) is 0 Å². The number of para-hydroxylation sites is 1. The number of ether oxygens (including phenoxy) is 1. The SMILES string of the molecule is CN(CCc1ccccn1)C(=O)C1CC2CCC1(C)CC21NC(=O)c2ccccc2O1. The van der Waals surface area contributed by atoms with Crippen molar-refractivity contribution in [2.75, 3.05) is 13.6 Å². The van der Waals surface area contributed by atoms with E-state index in [0.717, 1.165) is 31.4 Å². The Morgan fingerprint density at radius 2 is 2.06 bits per heavy atom. The van der Waals surface area contributed by atoms with Crippen LogP contribution in [-0.4, -0.2) is 41.0 Å². The van der Waals surface area contributed by atoms with Gasteiger partial charge in [0, 0.05) is 50.2 Å². The number of hydrogen-bond acceptors (Lipinski definition) is 4. The van der Waals surface area contributed by atoms with Gasteiger partial charge < -0.3 is 15.0 Å². The van der Waals surface area contributed by atoms with Crippen molar-refractivity contribution in [3.05, 3.63) is 59.9 Å². The average molecular weight is 420 g/mol. The molecule has 1 spiro atoms. The topological polar surface area (TPSA) is 71.5 Å². The van der Waals surface area contributed by atoms with Crippen LogP contribution in [0.3, 0.4) is 0 Å². The third kappa shape index (κ3) is 3.38. The summed E-state index contributed by atoms with van der Waals surface area (Å²) in [7, 11) is 1.89. The predicted molar refractivity (Wildman–Crippen MR) is 116 cm³/mol. The molecule has 4 atom stereocenters. The molecule has 6 rings (SSSR count). The summed E-state index contributed by atoms with van der Waals surface area (Å²) in [6, 6.07) is 13.3.